The molecule has 1 aromatic rings. The van der Waals surface area contributed by atoms with Crippen LogP contribution in [0.15, 0.2) is 28.7 Å². The third kappa shape index (κ3) is 4.63. The van der Waals surface area contributed by atoms with Gasteiger partial charge in [0.05, 0.1) is 12.6 Å². The number of rotatable bonds is 4. The maximum atomic E-state index is 11.5. The first-order chi connectivity index (χ1) is 7.61. The number of halogens is 1. The Morgan fingerprint density at radius 2 is 2.06 bits per heavy atom. The Morgan fingerprint density at radius 1 is 1.44 bits per heavy atom. The number of amides is 2. The van der Waals surface area contributed by atoms with Gasteiger partial charge in [0.1, 0.15) is 0 Å². The van der Waals surface area contributed by atoms with Crippen molar-refractivity contribution in [2.45, 2.75) is 13.0 Å². The highest BCUT2D eigenvalue weighted by Crippen LogP contribution is 2.13. The van der Waals surface area contributed by atoms with E-state index in [9.17, 15) is 4.79 Å². The molecule has 0 fully saturated rings. The van der Waals surface area contributed by atoms with Gasteiger partial charge in [0.15, 0.2) is 0 Å². The first-order valence-electron chi connectivity index (χ1n) is 4.94. The molecule has 0 saturated heterocycles. The van der Waals surface area contributed by atoms with E-state index in [1.807, 2.05) is 31.2 Å². The minimum atomic E-state index is -0.230. The van der Waals surface area contributed by atoms with Crippen molar-refractivity contribution >= 4 is 27.6 Å². The lowest BCUT2D eigenvalue weighted by atomic mass is 10.3. The predicted octanol–water partition coefficient (Wildman–Crippen LogP) is 2.61. The molecule has 0 spiro atoms. The van der Waals surface area contributed by atoms with Crippen molar-refractivity contribution in [2.75, 3.05) is 19.0 Å². The first-order valence-corrected chi connectivity index (χ1v) is 5.73. The van der Waals surface area contributed by atoms with Gasteiger partial charge in [-0.25, -0.2) is 4.79 Å². The Hall–Kier alpha value is -1.07. The van der Waals surface area contributed by atoms with E-state index in [1.54, 1.807) is 7.11 Å². The summed E-state index contributed by atoms with van der Waals surface area (Å²) in [5, 5.41) is 5.49. The molecule has 0 saturated carbocycles. The van der Waals surface area contributed by atoms with E-state index < -0.39 is 0 Å². The summed E-state index contributed by atoms with van der Waals surface area (Å²) in [5.74, 6) is 0. The largest absolute Gasteiger partial charge is 0.383 e. The van der Waals surface area contributed by atoms with Gasteiger partial charge in [-0.05, 0) is 31.2 Å². The topological polar surface area (TPSA) is 50.4 Å². The maximum absolute atomic E-state index is 11.5. The summed E-state index contributed by atoms with van der Waals surface area (Å²) >= 11 is 3.33. The molecule has 0 bridgehead atoms. The van der Waals surface area contributed by atoms with E-state index in [-0.39, 0.29) is 12.1 Å². The second kappa shape index (κ2) is 6.50. The number of nitrogens with one attached hydrogen (secondary N) is 2. The third-order valence-electron chi connectivity index (χ3n) is 1.90. The van der Waals surface area contributed by atoms with Crippen LogP contribution in [-0.4, -0.2) is 25.8 Å². The Bertz CT molecular complexity index is 340. The maximum Gasteiger partial charge on any atom is 0.319 e. The van der Waals surface area contributed by atoms with Crippen molar-refractivity contribution in [3.63, 3.8) is 0 Å². The molecule has 4 nitrogen and oxygen atoms in total. The number of methoxy groups -OCH3 is 1. The average molecular weight is 287 g/mol. The van der Waals surface area contributed by atoms with Crippen molar-refractivity contribution in [2.24, 2.45) is 0 Å². The lowest BCUT2D eigenvalue weighted by Crippen LogP contribution is -2.38. The number of hydrogen-bond acceptors (Lipinski definition) is 2. The van der Waals surface area contributed by atoms with Gasteiger partial charge in [-0.1, -0.05) is 15.9 Å². The van der Waals surface area contributed by atoms with Gasteiger partial charge in [-0.2, -0.15) is 0 Å². The molecule has 1 rings (SSSR count). The fraction of sp³-hybridized carbons (Fsp3) is 0.364. The van der Waals surface area contributed by atoms with Crippen LogP contribution in [0.2, 0.25) is 0 Å². The molecule has 0 aliphatic rings. The Kier molecular flexibility index (Phi) is 5.28. The van der Waals surface area contributed by atoms with Crippen LogP contribution in [0, 0.1) is 0 Å². The van der Waals surface area contributed by atoms with Crippen molar-refractivity contribution in [3.05, 3.63) is 28.7 Å². The normalized spacial score (nSPS) is 11.9. The van der Waals surface area contributed by atoms with Crippen LogP contribution in [0.1, 0.15) is 6.92 Å². The highest BCUT2D eigenvalue weighted by molar-refractivity contribution is 9.10. The molecule has 16 heavy (non-hydrogen) atoms. The summed E-state index contributed by atoms with van der Waals surface area (Å²) in [6, 6.07) is 7.14. The third-order valence-corrected chi connectivity index (χ3v) is 2.42. The molecule has 2 N–H and O–H groups in total. The van der Waals surface area contributed by atoms with Gasteiger partial charge >= 0.3 is 6.03 Å². The summed E-state index contributed by atoms with van der Waals surface area (Å²) in [4.78, 5) is 11.5. The molecular weight excluding hydrogens is 272 g/mol. The summed E-state index contributed by atoms with van der Waals surface area (Å²) in [6.07, 6.45) is 0. The number of urea groups is 1. The van der Waals surface area contributed by atoms with E-state index in [1.165, 1.54) is 0 Å². The van der Waals surface area contributed by atoms with Crippen molar-refractivity contribution in [1.29, 1.82) is 0 Å². The van der Waals surface area contributed by atoms with Crippen molar-refractivity contribution in [1.82, 2.24) is 5.32 Å². The van der Waals surface area contributed by atoms with Gasteiger partial charge in [-0.3, -0.25) is 0 Å². The smallest absolute Gasteiger partial charge is 0.319 e. The van der Waals surface area contributed by atoms with Crippen LogP contribution in [0.3, 0.4) is 0 Å². The second-order valence-electron chi connectivity index (χ2n) is 3.46. The summed E-state index contributed by atoms with van der Waals surface area (Å²) in [6.45, 7) is 2.37. The SMILES string of the molecule is COC[C@H](C)NC(=O)Nc1ccc(Br)cc1. The van der Waals surface area contributed by atoms with Gasteiger partial charge < -0.3 is 15.4 Å². The molecule has 0 radical (unpaired) electrons. The summed E-state index contributed by atoms with van der Waals surface area (Å²) in [5.41, 5.74) is 0.755. The molecule has 2 amide bonds. The zero-order valence-electron chi connectivity index (χ0n) is 9.29. The zero-order chi connectivity index (χ0) is 12.0. The lowest BCUT2D eigenvalue weighted by Gasteiger charge is -2.13. The molecule has 5 heteroatoms. The monoisotopic (exact) mass is 286 g/mol. The van der Waals surface area contributed by atoms with Crippen LogP contribution in [0.5, 0.6) is 0 Å². The molecule has 1 atom stereocenters. The fourth-order valence-electron chi connectivity index (χ4n) is 1.22. The number of ether oxygens (including phenoxy) is 1. The molecule has 0 aromatic heterocycles. The number of carbonyl (C=O) groups excluding carboxylic acids is 1. The number of hydrogen-bond donors (Lipinski definition) is 2. The van der Waals surface area contributed by atoms with Gasteiger partial charge in [0, 0.05) is 17.3 Å². The molecular formula is C11H15BrN2O2. The number of benzene rings is 1. The first kappa shape index (κ1) is 13.0. The molecule has 0 aliphatic heterocycles. The molecule has 0 unspecified atom stereocenters. The van der Waals surface area contributed by atoms with E-state index in [4.69, 9.17) is 4.74 Å². The van der Waals surface area contributed by atoms with E-state index in [2.05, 4.69) is 26.6 Å². The Balaban J connectivity index is 2.42. The minimum Gasteiger partial charge on any atom is -0.383 e. The molecule has 0 aliphatic carbocycles. The predicted molar refractivity (Wildman–Crippen MR) is 67.6 cm³/mol. The van der Waals surface area contributed by atoms with Crippen LogP contribution >= 0.6 is 15.9 Å². The van der Waals surface area contributed by atoms with Crippen LogP contribution in [0.4, 0.5) is 10.5 Å². The standard InChI is InChI=1S/C11H15BrN2O2/c1-8(7-16-2)13-11(15)14-10-5-3-9(12)4-6-10/h3-6,8H,7H2,1-2H3,(H2,13,14,15)/t8-/m0/s1. The zero-order valence-corrected chi connectivity index (χ0v) is 10.9. The summed E-state index contributed by atoms with van der Waals surface area (Å²) < 4.78 is 5.90. The average Bonchev–Trinajstić information content (AvgIpc) is 2.21. The van der Waals surface area contributed by atoms with Crippen molar-refractivity contribution in [3.8, 4) is 0 Å². The highest BCUT2D eigenvalue weighted by Gasteiger charge is 2.06. The van der Waals surface area contributed by atoms with Gasteiger partial charge in [-0.15, -0.1) is 0 Å². The quantitative estimate of drug-likeness (QED) is 0.894. The van der Waals surface area contributed by atoms with Crippen molar-refractivity contribution < 1.29 is 9.53 Å². The Morgan fingerprint density at radius 3 is 2.62 bits per heavy atom. The van der Waals surface area contributed by atoms with E-state index in [0.717, 1.165) is 10.2 Å². The van der Waals surface area contributed by atoms with E-state index >= 15 is 0 Å². The minimum absolute atomic E-state index is 0.0135. The second-order valence-corrected chi connectivity index (χ2v) is 4.38. The summed E-state index contributed by atoms with van der Waals surface area (Å²) in [7, 11) is 1.60. The van der Waals surface area contributed by atoms with Gasteiger partial charge in [0.2, 0.25) is 0 Å². The van der Waals surface area contributed by atoms with Crippen LogP contribution in [0.25, 0.3) is 0 Å². The molecule has 1 aromatic carbocycles. The van der Waals surface area contributed by atoms with E-state index in [0.29, 0.717) is 6.61 Å². The number of anilines is 1. The van der Waals surface area contributed by atoms with Crippen LogP contribution < -0.4 is 10.6 Å². The van der Waals surface area contributed by atoms with Gasteiger partial charge in [0.25, 0.3) is 0 Å². The molecule has 88 valence electrons. The van der Waals surface area contributed by atoms with Crippen LogP contribution in [-0.2, 0) is 4.74 Å². The fourth-order valence-corrected chi connectivity index (χ4v) is 1.48. The Labute approximate surface area is 103 Å². The number of carbonyl (C=O) groups is 1. The molecule has 0 heterocycles. The lowest BCUT2D eigenvalue weighted by molar-refractivity contribution is 0.173. The highest BCUT2D eigenvalue weighted by atomic mass is 79.9.